The summed E-state index contributed by atoms with van der Waals surface area (Å²) in [4.78, 5) is 16.0. The van der Waals surface area contributed by atoms with Crippen LogP contribution in [0.1, 0.15) is 33.1 Å². The number of benzene rings is 1. The van der Waals surface area contributed by atoms with E-state index in [4.69, 9.17) is 0 Å². The van der Waals surface area contributed by atoms with Gasteiger partial charge in [-0.15, -0.1) is 0 Å². The maximum absolute atomic E-state index is 13.0. The van der Waals surface area contributed by atoms with E-state index in [1.807, 2.05) is 12.1 Å². The summed E-state index contributed by atoms with van der Waals surface area (Å²) in [6, 6.07) is 7.02. The molecule has 25 heavy (non-hydrogen) atoms. The smallest absolute Gasteiger partial charge is 0.275 e. The van der Waals surface area contributed by atoms with E-state index < -0.39 is 0 Å². The van der Waals surface area contributed by atoms with Crippen LogP contribution in [0.25, 0.3) is 0 Å². The summed E-state index contributed by atoms with van der Waals surface area (Å²) in [7, 11) is 0. The van der Waals surface area contributed by atoms with E-state index in [0.717, 1.165) is 38.3 Å². The molecule has 0 radical (unpaired) electrons. The van der Waals surface area contributed by atoms with E-state index in [-0.39, 0.29) is 11.7 Å². The minimum absolute atomic E-state index is 0.191. The van der Waals surface area contributed by atoms with Gasteiger partial charge in [-0.3, -0.25) is 4.79 Å². The van der Waals surface area contributed by atoms with E-state index in [1.54, 1.807) is 0 Å². The van der Waals surface area contributed by atoms with Crippen LogP contribution in [0.3, 0.4) is 0 Å². The Labute approximate surface area is 150 Å². The van der Waals surface area contributed by atoms with Gasteiger partial charge < -0.3 is 15.1 Å². The zero-order valence-corrected chi connectivity index (χ0v) is 15.4. The lowest BCUT2D eigenvalue weighted by Crippen LogP contribution is -3.16. The van der Waals surface area contributed by atoms with Gasteiger partial charge in [-0.1, -0.05) is 26.7 Å². The molecule has 1 amide bonds. The van der Waals surface area contributed by atoms with Gasteiger partial charge in [0.15, 0.2) is 6.54 Å². The molecule has 2 aliphatic rings. The van der Waals surface area contributed by atoms with Crippen molar-refractivity contribution in [3.05, 3.63) is 30.1 Å². The van der Waals surface area contributed by atoms with E-state index in [2.05, 4.69) is 24.1 Å². The first-order valence-electron chi connectivity index (χ1n) is 9.66. The van der Waals surface area contributed by atoms with Gasteiger partial charge in [-0.05, 0) is 42.5 Å². The van der Waals surface area contributed by atoms with Gasteiger partial charge in [0.25, 0.3) is 5.91 Å². The number of rotatable bonds is 4. The lowest BCUT2D eigenvalue weighted by atomic mass is 9.78. The summed E-state index contributed by atoms with van der Waals surface area (Å²) in [5, 5.41) is 3.28. The van der Waals surface area contributed by atoms with Crippen LogP contribution in [-0.2, 0) is 4.79 Å². The van der Waals surface area contributed by atoms with Gasteiger partial charge in [0.1, 0.15) is 5.82 Å². The Bertz CT molecular complexity index is 569. The summed E-state index contributed by atoms with van der Waals surface area (Å²) in [5.74, 6) is 1.26. The predicted octanol–water partition coefficient (Wildman–Crippen LogP) is 1.47. The van der Waals surface area contributed by atoms with Crippen molar-refractivity contribution in [2.75, 3.05) is 37.6 Å². The zero-order valence-electron chi connectivity index (χ0n) is 15.4. The zero-order chi connectivity index (χ0) is 17.8. The van der Waals surface area contributed by atoms with Crippen molar-refractivity contribution in [1.29, 1.82) is 0 Å². The first kappa shape index (κ1) is 18.2. The second-order valence-electron chi connectivity index (χ2n) is 7.83. The molecule has 0 spiro atoms. The monoisotopic (exact) mass is 348 g/mol. The Balaban J connectivity index is 1.44. The predicted molar refractivity (Wildman–Crippen MR) is 98.3 cm³/mol. The lowest BCUT2D eigenvalue weighted by molar-refractivity contribution is -0.892. The molecule has 3 rings (SSSR count). The Morgan fingerprint density at radius 3 is 2.56 bits per heavy atom. The number of carbonyl (C=O) groups excluding carboxylic acids is 1. The molecule has 0 bridgehead atoms. The molecule has 1 aliphatic heterocycles. The van der Waals surface area contributed by atoms with Gasteiger partial charge in [0.2, 0.25) is 0 Å². The number of nitrogens with zero attached hydrogens (tertiary/aromatic N) is 1. The largest absolute Gasteiger partial charge is 0.360 e. The quantitative estimate of drug-likeness (QED) is 0.865. The van der Waals surface area contributed by atoms with Gasteiger partial charge in [-0.25, -0.2) is 4.39 Å². The number of piperazine rings is 1. The third-order valence-corrected chi connectivity index (χ3v) is 6.13. The normalized spacial score (nSPS) is 28.0. The average Bonchev–Trinajstić information content (AvgIpc) is 2.60. The number of quaternary nitrogens is 1. The van der Waals surface area contributed by atoms with Gasteiger partial charge in [-0.2, -0.15) is 0 Å². The molecule has 0 aromatic heterocycles. The Kier molecular flexibility index (Phi) is 5.94. The number of hydrogen-bond acceptors (Lipinski definition) is 2. The van der Waals surface area contributed by atoms with Crippen LogP contribution >= 0.6 is 0 Å². The number of carbonyl (C=O) groups is 1. The number of amides is 1. The third-order valence-electron chi connectivity index (χ3n) is 6.13. The highest BCUT2D eigenvalue weighted by Crippen LogP contribution is 2.29. The SMILES string of the molecule is C[C@@H]1[C@@H](C)CCC[C@H]1NC(=O)C[NH+]1CCN(c2ccc(F)cc2)CC1. The highest BCUT2D eigenvalue weighted by Gasteiger charge is 2.29. The van der Waals surface area contributed by atoms with Crippen molar-refractivity contribution >= 4 is 11.6 Å². The van der Waals surface area contributed by atoms with Crippen LogP contribution in [0.15, 0.2) is 24.3 Å². The molecule has 5 heteroatoms. The molecule has 1 saturated heterocycles. The highest BCUT2D eigenvalue weighted by molar-refractivity contribution is 5.77. The number of anilines is 1. The molecule has 1 aromatic rings. The average molecular weight is 348 g/mol. The molecule has 1 aromatic carbocycles. The minimum atomic E-state index is -0.198. The standard InChI is InChI=1S/C20H30FN3O/c1-15-4-3-5-19(16(15)2)22-20(25)14-23-10-12-24(13-11-23)18-8-6-17(21)7-9-18/h6-9,15-16,19H,3-5,10-14H2,1-2H3,(H,22,25)/p+1/t15-,16+,19+/m0/s1. The van der Waals surface area contributed by atoms with Gasteiger partial charge in [0, 0.05) is 11.7 Å². The van der Waals surface area contributed by atoms with Crippen molar-refractivity contribution in [2.45, 2.75) is 39.2 Å². The summed E-state index contributed by atoms with van der Waals surface area (Å²) >= 11 is 0. The summed E-state index contributed by atoms with van der Waals surface area (Å²) in [5.41, 5.74) is 1.06. The van der Waals surface area contributed by atoms with E-state index >= 15 is 0 Å². The Morgan fingerprint density at radius 2 is 1.88 bits per heavy atom. The van der Waals surface area contributed by atoms with Gasteiger partial charge in [0.05, 0.1) is 26.2 Å². The second kappa shape index (κ2) is 8.17. The number of nitrogens with one attached hydrogen (secondary N) is 2. The molecule has 1 saturated carbocycles. The van der Waals surface area contributed by atoms with Crippen LogP contribution in [0.4, 0.5) is 10.1 Å². The molecule has 3 atom stereocenters. The van der Waals surface area contributed by atoms with Crippen molar-refractivity contribution in [2.24, 2.45) is 11.8 Å². The summed E-state index contributed by atoms with van der Waals surface area (Å²) in [6.45, 7) is 8.83. The van der Waals surface area contributed by atoms with Crippen LogP contribution in [0, 0.1) is 17.7 Å². The van der Waals surface area contributed by atoms with Crippen molar-refractivity contribution in [1.82, 2.24) is 5.32 Å². The lowest BCUT2D eigenvalue weighted by Gasteiger charge is -2.36. The first-order chi connectivity index (χ1) is 12.0. The first-order valence-corrected chi connectivity index (χ1v) is 9.66. The van der Waals surface area contributed by atoms with Crippen molar-refractivity contribution in [3.63, 3.8) is 0 Å². The number of hydrogen-bond donors (Lipinski definition) is 2. The minimum Gasteiger partial charge on any atom is -0.360 e. The van der Waals surface area contributed by atoms with E-state index in [9.17, 15) is 9.18 Å². The fraction of sp³-hybridized carbons (Fsp3) is 0.650. The van der Waals surface area contributed by atoms with Gasteiger partial charge >= 0.3 is 0 Å². The Morgan fingerprint density at radius 1 is 1.20 bits per heavy atom. The third kappa shape index (κ3) is 4.72. The van der Waals surface area contributed by atoms with Crippen LogP contribution in [0.5, 0.6) is 0 Å². The molecule has 0 unspecified atom stereocenters. The maximum Gasteiger partial charge on any atom is 0.275 e. The molecule has 138 valence electrons. The molecule has 2 fully saturated rings. The number of halogens is 1. The molecule has 1 aliphatic carbocycles. The van der Waals surface area contributed by atoms with Crippen LogP contribution < -0.4 is 15.1 Å². The molecule has 2 N–H and O–H groups in total. The maximum atomic E-state index is 13.0. The summed E-state index contributed by atoms with van der Waals surface area (Å²) in [6.07, 6.45) is 3.62. The fourth-order valence-electron chi connectivity index (χ4n) is 4.18. The molecule has 4 nitrogen and oxygen atoms in total. The second-order valence-corrected chi connectivity index (χ2v) is 7.83. The molecule has 1 heterocycles. The molecular weight excluding hydrogens is 317 g/mol. The van der Waals surface area contributed by atoms with Crippen molar-refractivity contribution in [3.8, 4) is 0 Å². The van der Waals surface area contributed by atoms with Crippen LogP contribution in [0.2, 0.25) is 0 Å². The summed E-state index contributed by atoms with van der Waals surface area (Å²) < 4.78 is 13.0. The molecular formula is C20H31FN3O+. The van der Waals surface area contributed by atoms with Crippen molar-refractivity contribution < 1.29 is 14.1 Å². The fourth-order valence-corrected chi connectivity index (χ4v) is 4.18. The Hall–Kier alpha value is -1.62. The highest BCUT2D eigenvalue weighted by atomic mass is 19.1. The topological polar surface area (TPSA) is 36.8 Å². The van der Waals surface area contributed by atoms with Crippen LogP contribution in [-0.4, -0.2) is 44.7 Å². The van der Waals surface area contributed by atoms with E-state index in [0.29, 0.717) is 24.4 Å². The van der Waals surface area contributed by atoms with E-state index in [1.165, 1.54) is 29.9 Å².